The van der Waals surface area contributed by atoms with Crippen LogP contribution in [0, 0.1) is 5.82 Å². The molecule has 0 saturated carbocycles. The number of rotatable bonds is 4. The Balaban J connectivity index is 1.41. The summed E-state index contributed by atoms with van der Waals surface area (Å²) in [6.07, 6.45) is 0.163. The van der Waals surface area contributed by atoms with Gasteiger partial charge in [0.15, 0.2) is 35.0 Å². The number of thiazole rings is 1. The lowest BCUT2D eigenvalue weighted by Crippen LogP contribution is -2.54. The molecule has 0 aliphatic carbocycles. The predicted octanol–water partition coefficient (Wildman–Crippen LogP) is 2.86. The average molecular weight is 524 g/mol. The summed E-state index contributed by atoms with van der Waals surface area (Å²) in [5, 5.41) is 4.37. The molecule has 12 heteroatoms. The second-order valence-electron chi connectivity index (χ2n) is 9.07. The van der Waals surface area contributed by atoms with Crippen molar-refractivity contribution < 1.29 is 37.5 Å². The number of para-hydroxylation sites is 1. The number of imide groups is 1. The van der Waals surface area contributed by atoms with Gasteiger partial charge in [-0.05, 0) is 29.3 Å². The summed E-state index contributed by atoms with van der Waals surface area (Å²) in [5.74, 6) is -2.30. The summed E-state index contributed by atoms with van der Waals surface area (Å²) < 4.78 is 23.3. The quantitative estimate of drug-likeness (QED) is 0.242. The zero-order valence-corrected chi connectivity index (χ0v) is 20.5. The molecular weight excluding hydrogens is 503 g/mol. The third-order valence-electron chi connectivity index (χ3n) is 7.27. The summed E-state index contributed by atoms with van der Waals surface area (Å²) in [6.45, 7) is -0.0360. The van der Waals surface area contributed by atoms with Gasteiger partial charge in [-0.2, -0.15) is 4.48 Å². The van der Waals surface area contributed by atoms with Gasteiger partial charge in [-0.3, -0.25) is 15.0 Å². The normalized spacial score (nSPS) is 25.9. The van der Waals surface area contributed by atoms with E-state index in [1.165, 1.54) is 36.6 Å². The second kappa shape index (κ2) is 7.92. The molecule has 37 heavy (non-hydrogen) atoms. The molecule has 6 rings (SSSR count). The van der Waals surface area contributed by atoms with E-state index in [2.05, 4.69) is 10.3 Å². The fourth-order valence-corrected chi connectivity index (χ4v) is 6.18. The van der Waals surface area contributed by atoms with E-state index >= 15 is 0 Å². The van der Waals surface area contributed by atoms with E-state index < -0.39 is 45.7 Å². The molecule has 2 saturated heterocycles. The van der Waals surface area contributed by atoms with Gasteiger partial charge in [0.1, 0.15) is 0 Å². The number of halogens is 1. The van der Waals surface area contributed by atoms with Crippen LogP contribution in [0.25, 0.3) is 0 Å². The molecular formula is C25H20FN4O6S+. The highest BCUT2D eigenvalue weighted by Gasteiger charge is 2.87. The Bertz CT molecular complexity index is 1520. The number of amides is 4. The Morgan fingerprint density at radius 1 is 1.22 bits per heavy atom. The number of hydrogen-bond acceptors (Lipinski definition) is 8. The molecule has 2 fully saturated rings. The standard InChI is InChI=1S/C25H19FN4O6S/c1-35-18-8-7-13(9-15(18)26)19-20(31)30(24(34)28-19)12-25(30)10-14-5-3-4-6-17(14)29(22(25)33)23-27-16(11-37-23)21(32)36-2/h3-9,11,19H,10,12H2,1-2H3/p+1. The smallest absolute Gasteiger partial charge is 0.426 e. The van der Waals surface area contributed by atoms with Crippen LogP contribution in [-0.4, -0.2) is 59.6 Å². The van der Waals surface area contributed by atoms with Gasteiger partial charge in [-0.15, -0.1) is 11.3 Å². The van der Waals surface area contributed by atoms with Crippen molar-refractivity contribution in [3.63, 3.8) is 0 Å². The van der Waals surface area contributed by atoms with Crippen molar-refractivity contribution >= 4 is 46.0 Å². The number of nitrogens with one attached hydrogen (secondary N) is 1. The van der Waals surface area contributed by atoms with Gasteiger partial charge in [-0.25, -0.2) is 23.8 Å². The molecule has 188 valence electrons. The third-order valence-corrected chi connectivity index (χ3v) is 8.09. The van der Waals surface area contributed by atoms with Crippen molar-refractivity contribution in [1.29, 1.82) is 0 Å². The largest absolute Gasteiger partial charge is 0.494 e. The lowest BCUT2D eigenvalue weighted by Gasteiger charge is -2.31. The molecule has 3 aliphatic rings. The first-order valence-electron chi connectivity index (χ1n) is 11.3. The van der Waals surface area contributed by atoms with Crippen LogP contribution < -0.4 is 15.0 Å². The molecule has 3 unspecified atom stereocenters. The number of carbonyl (C=O) groups is 4. The van der Waals surface area contributed by atoms with E-state index in [1.54, 1.807) is 12.1 Å². The number of quaternary nitrogens is 1. The molecule has 2 spiro atoms. The van der Waals surface area contributed by atoms with Crippen LogP contribution in [0.4, 0.5) is 20.0 Å². The number of fused-ring (bicyclic) bond motifs is 2. The maximum atomic E-state index is 14.4. The van der Waals surface area contributed by atoms with Crippen LogP contribution in [-0.2, 0) is 20.7 Å². The zero-order valence-electron chi connectivity index (χ0n) is 19.7. The monoisotopic (exact) mass is 523 g/mol. The molecule has 3 atom stereocenters. The Labute approximate surface area is 213 Å². The van der Waals surface area contributed by atoms with Gasteiger partial charge >= 0.3 is 23.8 Å². The van der Waals surface area contributed by atoms with Crippen molar-refractivity contribution in [3.8, 4) is 5.75 Å². The number of hydrogen-bond donors (Lipinski definition) is 1. The van der Waals surface area contributed by atoms with Crippen molar-refractivity contribution in [2.45, 2.75) is 18.0 Å². The highest BCUT2D eigenvalue weighted by Crippen LogP contribution is 2.56. The van der Waals surface area contributed by atoms with E-state index in [0.717, 1.165) is 23.0 Å². The Hall–Kier alpha value is -4.16. The van der Waals surface area contributed by atoms with Crippen LogP contribution in [0.1, 0.15) is 27.7 Å². The first-order chi connectivity index (χ1) is 17.8. The molecule has 3 aliphatic heterocycles. The minimum atomic E-state index is -1.38. The van der Waals surface area contributed by atoms with E-state index in [4.69, 9.17) is 9.47 Å². The number of benzene rings is 2. The van der Waals surface area contributed by atoms with Gasteiger partial charge in [0.2, 0.25) is 5.54 Å². The maximum Gasteiger partial charge on any atom is 0.426 e. The SMILES string of the molecule is COC(=O)c1csc(N2C(=O)C3(Cc4ccccc42)C[N+]32C(=O)NC(c3ccc(OC)c(F)c3)C2=O)n1. The molecule has 0 bridgehead atoms. The Morgan fingerprint density at radius 2 is 2.00 bits per heavy atom. The lowest BCUT2D eigenvalue weighted by atomic mass is 9.91. The maximum absolute atomic E-state index is 14.4. The fourth-order valence-electron chi connectivity index (χ4n) is 5.38. The predicted molar refractivity (Wildman–Crippen MR) is 128 cm³/mol. The number of nitrogens with zero attached hydrogens (tertiary/aromatic N) is 3. The van der Waals surface area contributed by atoms with E-state index in [0.29, 0.717) is 5.69 Å². The third kappa shape index (κ3) is 3.02. The second-order valence-corrected chi connectivity index (χ2v) is 9.90. The van der Waals surface area contributed by atoms with Crippen molar-refractivity contribution in [3.05, 3.63) is 70.5 Å². The number of carbonyl (C=O) groups excluding carboxylic acids is 4. The van der Waals surface area contributed by atoms with E-state index in [-0.39, 0.29) is 35.1 Å². The molecule has 10 nitrogen and oxygen atoms in total. The van der Waals surface area contributed by atoms with Gasteiger partial charge < -0.3 is 9.47 Å². The summed E-state index contributed by atoms with van der Waals surface area (Å²) in [6, 6.07) is 9.47. The van der Waals surface area contributed by atoms with Gasteiger partial charge in [0.05, 0.1) is 19.9 Å². The van der Waals surface area contributed by atoms with Crippen molar-refractivity contribution in [2.24, 2.45) is 0 Å². The van der Waals surface area contributed by atoms with E-state index in [9.17, 15) is 23.6 Å². The molecule has 1 N–H and O–H groups in total. The minimum Gasteiger partial charge on any atom is -0.494 e. The number of ether oxygens (including phenoxy) is 2. The van der Waals surface area contributed by atoms with Crippen molar-refractivity contribution in [2.75, 3.05) is 25.7 Å². The Kier molecular flexibility index (Phi) is 4.98. The van der Waals surface area contributed by atoms with E-state index in [1.807, 2.05) is 12.1 Å². The van der Waals surface area contributed by atoms with Crippen LogP contribution in [0.5, 0.6) is 5.75 Å². The highest BCUT2D eigenvalue weighted by molar-refractivity contribution is 7.14. The van der Waals surface area contributed by atoms with Crippen LogP contribution in [0.3, 0.4) is 0 Å². The first-order valence-corrected chi connectivity index (χ1v) is 12.2. The van der Waals surface area contributed by atoms with Crippen LogP contribution in [0.15, 0.2) is 47.8 Å². The number of anilines is 2. The lowest BCUT2D eigenvalue weighted by molar-refractivity contribution is -0.650. The number of urea groups is 1. The van der Waals surface area contributed by atoms with Crippen molar-refractivity contribution in [1.82, 2.24) is 10.3 Å². The van der Waals surface area contributed by atoms with Gasteiger partial charge in [0, 0.05) is 11.8 Å². The zero-order chi connectivity index (χ0) is 26.1. The molecule has 4 amide bonds. The number of esters is 1. The topological polar surface area (TPSA) is 115 Å². The summed E-state index contributed by atoms with van der Waals surface area (Å²) in [5.41, 5.74) is 0.244. The average Bonchev–Trinajstić information content (AvgIpc) is 3.19. The minimum absolute atomic E-state index is 0.0112. The van der Waals surface area contributed by atoms with Gasteiger partial charge in [-0.1, -0.05) is 24.3 Å². The van der Waals surface area contributed by atoms with Gasteiger partial charge in [0.25, 0.3) is 0 Å². The molecule has 2 aromatic carbocycles. The van der Waals surface area contributed by atoms with Crippen LogP contribution >= 0.6 is 11.3 Å². The molecule has 3 aromatic rings. The molecule has 0 radical (unpaired) electrons. The highest BCUT2D eigenvalue weighted by atomic mass is 32.1. The molecule has 1 aromatic heterocycles. The summed E-state index contributed by atoms with van der Waals surface area (Å²) in [7, 11) is 2.56. The Morgan fingerprint density at radius 3 is 2.73 bits per heavy atom. The molecule has 4 heterocycles. The van der Waals surface area contributed by atoms with Crippen LogP contribution in [0.2, 0.25) is 0 Å². The number of methoxy groups -OCH3 is 2. The summed E-state index contributed by atoms with van der Waals surface area (Å²) >= 11 is 1.08. The fraction of sp³-hybridized carbons (Fsp3) is 0.240. The number of aromatic nitrogens is 1. The first kappa shape index (κ1) is 23.3. The summed E-state index contributed by atoms with van der Waals surface area (Å²) in [4.78, 5) is 58.9.